The molecular formula is C15H15N3O4. The summed E-state index contributed by atoms with van der Waals surface area (Å²) in [4.78, 5) is 22.5. The van der Waals surface area contributed by atoms with Crippen molar-refractivity contribution in [2.45, 2.75) is 13.5 Å². The van der Waals surface area contributed by atoms with Crippen molar-refractivity contribution >= 4 is 23.0 Å². The SMILES string of the molecule is Cc1ccc(CO)cc1NC(=O)c1cccc([N+](=O)[O-])c1N. The van der Waals surface area contributed by atoms with E-state index in [2.05, 4.69) is 5.32 Å². The van der Waals surface area contributed by atoms with E-state index < -0.39 is 10.8 Å². The third-order valence-corrected chi connectivity index (χ3v) is 3.26. The first-order chi connectivity index (χ1) is 10.4. The number of carbonyl (C=O) groups excluding carboxylic acids is 1. The molecule has 2 aromatic rings. The third kappa shape index (κ3) is 3.04. The molecular weight excluding hydrogens is 286 g/mol. The summed E-state index contributed by atoms with van der Waals surface area (Å²) in [6, 6.07) is 9.21. The number of nitrogens with two attached hydrogens (primary N) is 1. The molecule has 0 radical (unpaired) electrons. The highest BCUT2D eigenvalue weighted by molar-refractivity contribution is 6.09. The molecule has 1 amide bonds. The molecule has 0 aliphatic carbocycles. The Kier molecular flexibility index (Phi) is 4.38. The predicted molar refractivity (Wildman–Crippen MR) is 82.6 cm³/mol. The molecule has 0 aromatic heterocycles. The zero-order chi connectivity index (χ0) is 16.3. The van der Waals surface area contributed by atoms with Gasteiger partial charge in [0, 0.05) is 11.8 Å². The highest BCUT2D eigenvalue weighted by atomic mass is 16.6. The van der Waals surface area contributed by atoms with Crippen molar-refractivity contribution in [3.8, 4) is 0 Å². The summed E-state index contributed by atoms with van der Waals surface area (Å²) in [6.45, 7) is 1.65. The Balaban J connectivity index is 2.34. The molecule has 0 saturated heterocycles. The summed E-state index contributed by atoms with van der Waals surface area (Å²) in [5, 5.41) is 22.7. The topological polar surface area (TPSA) is 118 Å². The Hall–Kier alpha value is -2.93. The number of nitrogens with zero attached hydrogens (tertiary/aromatic N) is 1. The van der Waals surface area contributed by atoms with Gasteiger partial charge in [-0.25, -0.2) is 0 Å². The number of aliphatic hydroxyl groups excluding tert-OH is 1. The molecule has 2 rings (SSSR count). The molecule has 0 bridgehead atoms. The summed E-state index contributed by atoms with van der Waals surface area (Å²) >= 11 is 0. The first-order valence-corrected chi connectivity index (χ1v) is 6.48. The molecule has 0 spiro atoms. The Morgan fingerprint density at radius 3 is 2.73 bits per heavy atom. The van der Waals surface area contributed by atoms with E-state index in [1.165, 1.54) is 18.2 Å². The van der Waals surface area contributed by atoms with Gasteiger partial charge in [-0.15, -0.1) is 0 Å². The Morgan fingerprint density at radius 2 is 2.09 bits per heavy atom. The molecule has 7 heteroatoms. The van der Waals surface area contributed by atoms with E-state index in [0.717, 1.165) is 5.56 Å². The lowest BCUT2D eigenvalue weighted by molar-refractivity contribution is -0.383. The van der Waals surface area contributed by atoms with Crippen molar-refractivity contribution in [1.82, 2.24) is 0 Å². The van der Waals surface area contributed by atoms with Gasteiger partial charge in [0.2, 0.25) is 0 Å². The third-order valence-electron chi connectivity index (χ3n) is 3.26. The molecule has 0 heterocycles. The molecule has 0 atom stereocenters. The van der Waals surface area contributed by atoms with Crippen LogP contribution < -0.4 is 11.1 Å². The van der Waals surface area contributed by atoms with Gasteiger partial charge in [0.25, 0.3) is 11.6 Å². The molecule has 22 heavy (non-hydrogen) atoms. The maximum atomic E-state index is 12.3. The maximum Gasteiger partial charge on any atom is 0.292 e. The van der Waals surface area contributed by atoms with E-state index in [0.29, 0.717) is 11.3 Å². The number of carbonyl (C=O) groups is 1. The number of aryl methyl sites for hydroxylation is 1. The lowest BCUT2D eigenvalue weighted by atomic mass is 10.1. The minimum absolute atomic E-state index is 0.0306. The number of anilines is 2. The molecule has 0 aliphatic heterocycles. The molecule has 4 N–H and O–H groups in total. The van der Waals surface area contributed by atoms with Crippen LogP contribution in [0, 0.1) is 17.0 Å². The van der Waals surface area contributed by atoms with Gasteiger partial charge in [0.05, 0.1) is 17.1 Å². The zero-order valence-corrected chi connectivity index (χ0v) is 11.9. The quantitative estimate of drug-likeness (QED) is 0.454. The van der Waals surface area contributed by atoms with Gasteiger partial charge in [0.15, 0.2) is 0 Å². The van der Waals surface area contributed by atoms with Gasteiger partial charge >= 0.3 is 0 Å². The molecule has 2 aromatic carbocycles. The number of amides is 1. The normalized spacial score (nSPS) is 10.3. The summed E-state index contributed by atoms with van der Waals surface area (Å²) in [6.07, 6.45) is 0. The molecule has 0 aliphatic rings. The van der Waals surface area contributed by atoms with Gasteiger partial charge < -0.3 is 16.2 Å². The van der Waals surface area contributed by atoms with Gasteiger partial charge in [-0.2, -0.15) is 0 Å². The van der Waals surface area contributed by atoms with Crippen LogP contribution in [0.25, 0.3) is 0 Å². The first-order valence-electron chi connectivity index (χ1n) is 6.48. The van der Waals surface area contributed by atoms with E-state index >= 15 is 0 Å². The highest BCUT2D eigenvalue weighted by Gasteiger charge is 2.19. The second-order valence-electron chi connectivity index (χ2n) is 4.76. The smallest absolute Gasteiger partial charge is 0.292 e. The van der Waals surface area contributed by atoms with Crippen molar-refractivity contribution in [2.75, 3.05) is 11.1 Å². The number of rotatable bonds is 4. The lowest BCUT2D eigenvalue weighted by Crippen LogP contribution is -2.15. The first kappa shape index (κ1) is 15.5. The van der Waals surface area contributed by atoms with E-state index in [-0.39, 0.29) is 23.5 Å². The van der Waals surface area contributed by atoms with Crippen molar-refractivity contribution in [3.05, 3.63) is 63.2 Å². The average Bonchev–Trinajstić information content (AvgIpc) is 2.49. The summed E-state index contributed by atoms with van der Waals surface area (Å²) in [5.74, 6) is -0.542. The number of nitrogens with one attached hydrogen (secondary N) is 1. The fraction of sp³-hybridized carbons (Fsp3) is 0.133. The van der Waals surface area contributed by atoms with Crippen LogP contribution >= 0.6 is 0 Å². The van der Waals surface area contributed by atoms with Gasteiger partial charge in [0.1, 0.15) is 5.69 Å². The van der Waals surface area contributed by atoms with Crippen LogP contribution in [0.15, 0.2) is 36.4 Å². The number of aliphatic hydroxyl groups is 1. The summed E-state index contributed by atoms with van der Waals surface area (Å²) in [5.41, 5.74) is 7.19. The molecule has 7 nitrogen and oxygen atoms in total. The summed E-state index contributed by atoms with van der Waals surface area (Å²) in [7, 11) is 0. The van der Waals surface area contributed by atoms with Gasteiger partial charge in [-0.3, -0.25) is 14.9 Å². The monoisotopic (exact) mass is 301 g/mol. The van der Waals surface area contributed by atoms with Crippen molar-refractivity contribution < 1.29 is 14.8 Å². The molecule has 0 fully saturated rings. The molecule has 114 valence electrons. The fourth-order valence-corrected chi connectivity index (χ4v) is 2.00. The van der Waals surface area contributed by atoms with Crippen LogP contribution in [0.2, 0.25) is 0 Å². The number of nitrogen functional groups attached to an aromatic ring is 1. The van der Waals surface area contributed by atoms with Crippen LogP contribution in [0.3, 0.4) is 0 Å². The Bertz CT molecular complexity index is 744. The summed E-state index contributed by atoms with van der Waals surface area (Å²) < 4.78 is 0. The number of nitro benzene ring substituents is 1. The minimum Gasteiger partial charge on any atom is -0.393 e. The lowest BCUT2D eigenvalue weighted by Gasteiger charge is -2.11. The van der Waals surface area contributed by atoms with Crippen molar-refractivity contribution in [1.29, 1.82) is 0 Å². The Labute approximate surface area is 126 Å². The minimum atomic E-state index is -0.635. The standard InChI is InChI=1S/C15H15N3O4/c1-9-5-6-10(8-19)7-12(9)17-15(20)11-3-2-4-13(14(11)16)18(21)22/h2-7,19H,8,16H2,1H3,(H,17,20). The van der Waals surface area contributed by atoms with Crippen LogP contribution in [-0.4, -0.2) is 15.9 Å². The number of nitro groups is 1. The highest BCUT2D eigenvalue weighted by Crippen LogP contribution is 2.26. The number of para-hydroxylation sites is 1. The zero-order valence-electron chi connectivity index (χ0n) is 11.9. The van der Waals surface area contributed by atoms with Crippen LogP contribution in [0.1, 0.15) is 21.5 Å². The average molecular weight is 301 g/mol. The van der Waals surface area contributed by atoms with Crippen LogP contribution in [0.4, 0.5) is 17.1 Å². The number of benzene rings is 2. The van der Waals surface area contributed by atoms with E-state index in [1.807, 2.05) is 0 Å². The van der Waals surface area contributed by atoms with Crippen LogP contribution in [-0.2, 0) is 6.61 Å². The molecule has 0 unspecified atom stereocenters. The maximum absolute atomic E-state index is 12.3. The number of hydrogen-bond acceptors (Lipinski definition) is 5. The van der Waals surface area contributed by atoms with Crippen molar-refractivity contribution in [2.24, 2.45) is 0 Å². The fourth-order valence-electron chi connectivity index (χ4n) is 2.00. The van der Waals surface area contributed by atoms with E-state index in [4.69, 9.17) is 10.8 Å². The largest absolute Gasteiger partial charge is 0.393 e. The van der Waals surface area contributed by atoms with Crippen LogP contribution in [0.5, 0.6) is 0 Å². The van der Waals surface area contributed by atoms with E-state index in [1.54, 1.807) is 25.1 Å². The predicted octanol–water partition coefficient (Wildman–Crippen LogP) is 2.23. The van der Waals surface area contributed by atoms with Gasteiger partial charge in [-0.1, -0.05) is 18.2 Å². The van der Waals surface area contributed by atoms with Crippen molar-refractivity contribution in [3.63, 3.8) is 0 Å². The second kappa shape index (κ2) is 6.23. The second-order valence-corrected chi connectivity index (χ2v) is 4.76. The van der Waals surface area contributed by atoms with E-state index in [9.17, 15) is 14.9 Å². The Morgan fingerprint density at radius 1 is 1.36 bits per heavy atom. The number of hydrogen-bond donors (Lipinski definition) is 3. The van der Waals surface area contributed by atoms with Gasteiger partial charge in [-0.05, 0) is 30.2 Å². The molecule has 0 saturated carbocycles.